The first kappa shape index (κ1) is 20.7. The lowest BCUT2D eigenvalue weighted by molar-refractivity contribution is 0.340. The number of nitrogens with zero attached hydrogens (tertiary/aromatic N) is 2. The number of aromatic nitrogens is 2. The molecule has 30 heavy (non-hydrogen) atoms. The van der Waals surface area contributed by atoms with Crippen LogP contribution in [0.2, 0.25) is 0 Å². The average Bonchev–Trinajstić information content (AvgIpc) is 3.46. The van der Waals surface area contributed by atoms with Crippen LogP contribution in [0.5, 0.6) is 5.75 Å². The third kappa shape index (κ3) is 4.95. The standard InChI is InChI=1S/C23H29N3O3S/c1-3-13-30(27,28)25-19-9-12-22-21(15-19)24-23(26(22)16-18-5-6-18)14-17-7-10-20(11-8-17)29-4-2/h7-12,15,18,25H,3-6,13-14,16H2,1-2H3. The van der Waals surface area contributed by atoms with Crippen LogP contribution in [0.3, 0.4) is 0 Å². The molecule has 1 saturated carbocycles. The van der Waals surface area contributed by atoms with Crippen LogP contribution in [0.1, 0.15) is 44.5 Å². The predicted molar refractivity (Wildman–Crippen MR) is 121 cm³/mol. The van der Waals surface area contributed by atoms with E-state index in [4.69, 9.17) is 9.72 Å². The first-order chi connectivity index (χ1) is 14.5. The van der Waals surface area contributed by atoms with Crippen LogP contribution >= 0.6 is 0 Å². The molecule has 1 aliphatic carbocycles. The zero-order valence-electron chi connectivity index (χ0n) is 17.6. The Labute approximate surface area is 178 Å². The summed E-state index contributed by atoms with van der Waals surface area (Å²) in [4.78, 5) is 4.88. The Morgan fingerprint density at radius 2 is 1.90 bits per heavy atom. The van der Waals surface area contributed by atoms with Crippen molar-refractivity contribution in [3.8, 4) is 5.75 Å². The van der Waals surface area contributed by atoms with Gasteiger partial charge in [0.1, 0.15) is 11.6 Å². The fourth-order valence-corrected chi connectivity index (χ4v) is 4.82. The van der Waals surface area contributed by atoms with Crippen LogP contribution in [-0.4, -0.2) is 30.3 Å². The highest BCUT2D eigenvalue weighted by atomic mass is 32.2. The zero-order valence-corrected chi connectivity index (χ0v) is 18.4. The third-order valence-electron chi connectivity index (χ3n) is 5.31. The van der Waals surface area contributed by atoms with Gasteiger partial charge in [0.15, 0.2) is 0 Å². The fraction of sp³-hybridized carbons (Fsp3) is 0.435. The molecule has 1 N–H and O–H groups in total. The molecule has 7 heteroatoms. The van der Waals surface area contributed by atoms with Gasteiger partial charge in [-0.15, -0.1) is 0 Å². The van der Waals surface area contributed by atoms with Crippen molar-refractivity contribution in [3.05, 3.63) is 53.9 Å². The molecule has 1 fully saturated rings. The molecular formula is C23H29N3O3S. The molecule has 0 radical (unpaired) electrons. The van der Waals surface area contributed by atoms with Crippen molar-refractivity contribution in [2.24, 2.45) is 5.92 Å². The topological polar surface area (TPSA) is 73.2 Å². The summed E-state index contributed by atoms with van der Waals surface area (Å²) in [7, 11) is -3.32. The van der Waals surface area contributed by atoms with Gasteiger partial charge in [0.25, 0.3) is 0 Å². The van der Waals surface area contributed by atoms with Crippen LogP contribution in [0.25, 0.3) is 11.0 Å². The summed E-state index contributed by atoms with van der Waals surface area (Å²) < 4.78 is 34.8. The molecule has 6 nitrogen and oxygen atoms in total. The van der Waals surface area contributed by atoms with Crippen molar-refractivity contribution in [2.45, 2.75) is 46.1 Å². The number of hydrogen-bond donors (Lipinski definition) is 1. The van der Waals surface area contributed by atoms with Crippen LogP contribution in [0.15, 0.2) is 42.5 Å². The maximum absolute atomic E-state index is 12.1. The number of anilines is 1. The Morgan fingerprint density at radius 3 is 2.57 bits per heavy atom. The predicted octanol–water partition coefficient (Wildman–Crippen LogP) is 4.59. The van der Waals surface area contributed by atoms with E-state index in [1.54, 1.807) is 0 Å². The molecule has 0 aliphatic heterocycles. The molecule has 0 bridgehead atoms. The molecule has 3 aromatic rings. The number of rotatable bonds is 10. The van der Waals surface area contributed by atoms with E-state index in [1.165, 1.54) is 18.4 Å². The summed E-state index contributed by atoms with van der Waals surface area (Å²) in [5.74, 6) is 2.71. The second-order valence-corrected chi connectivity index (χ2v) is 9.80. The number of nitrogens with one attached hydrogen (secondary N) is 1. The van der Waals surface area contributed by atoms with Gasteiger partial charge in [0.05, 0.1) is 29.1 Å². The Hall–Kier alpha value is -2.54. The number of imidazole rings is 1. The van der Waals surface area contributed by atoms with Crippen LogP contribution in [0.4, 0.5) is 5.69 Å². The quantitative estimate of drug-likeness (QED) is 0.514. The van der Waals surface area contributed by atoms with Gasteiger partial charge in [-0.1, -0.05) is 19.1 Å². The summed E-state index contributed by atoms with van der Waals surface area (Å²) in [5.41, 5.74) is 3.63. The van der Waals surface area contributed by atoms with E-state index in [1.807, 2.05) is 44.2 Å². The van der Waals surface area contributed by atoms with Gasteiger partial charge in [-0.3, -0.25) is 4.72 Å². The van der Waals surface area contributed by atoms with Gasteiger partial charge in [-0.2, -0.15) is 0 Å². The maximum atomic E-state index is 12.1. The molecule has 0 atom stereocenters. The summed E-state index contributed by atoms with van der Waals surface area (Å²) in [6.45, 7) is 5.45. The van der Waals surface area contributed by atoms with Gasteiger partial charge in [0, 0.05) is 13.0 Å². The van der Waals surface area contributed by atoms with Crippen molar-refractivity contribution < 1.29 is 13.2 Å². The fourth-order valence-electron chi connectivity index (χ4n) is 3.69. The van der Waals surface area contributed by atoms with Crippen LogP contribution in [0, 0.1) is 5.92 Å². The molecule has 0 saturated heterocycles. The highest BCUT2D eigenvalue weighted by Gasteiger charge is 2.24. The molecule has 0 spiro atoms. The number of hydrogen-bond acceptors (Lipinski definition) is 4. The third-order valence-corrected chi connectivity index (χ3v) is 6.80. The highest BCUT2D eigenvalue weighted by Crippen LogP contribution is 2.33. The van der Waals surface area contributed by atoms with Crippen molar-refractivity contribution in [3.63, 3.8) is 0 Å². The number of ether oxygens (including phenoxy) is 1. The molecule has 160 valence electrons. The maximum Gasteiger partial charge on any atom is 0.232 e. The minimum absolute atomic E-state index is 0.115. The number of fused-ring (bicyclic) bond motifs is 1. The van der Waals surface area contributed by atoms with Gasteiger partial charge < -0.3 is 9.30 Å². The minimum Gasteiger partial charge on any atom is -0.494 e. The van der Waals surface area contributed by atoms with Gasteiger partial charge in [0.2, 0.25) is 10.0 Å². The summed E-state index contributed by atoms with van der Waals surface area (Å²) in [6, 6.07) is 13.8. The van der Waals surface area contributed by atoms with E-state index in [-0.39, 0.29) is 5.75 Å². The first-order valence-corrected chi connectivity index (χ1v) is 12.3. The van der Waals surface area contributed by atoms with Crippen LogP contribution in [-0.2, 0) is 23.0 Å². The second kappa shape index (κ2) is 8.68. The molecule has 0 amide bonds. The van der Waals surface area contributed by atoms with Crippen molar-refractivity contribution >= 4 is 26.7 Å². The lowest BCUT2D eigenvalue weighted by atomic mass is 10.1. The average molecular weight is 428 g/mol. The van der Waals surface area contributed by atoms with E-state index in [0.717, 1.165) is 35.6 Å². The smallest absolute Gasteiger partial charge is 0.232 e. The van der Waals surface area contributed by atoms with E-state index in [2.05, 4.69) is 21.4 Å². The molecule has 4 rings (SSSR count). The van der Waals surface area contributed by atoms with Gasteiger partial charge >= 0.3 is 0 Å². The number of sulfonamides is 1. The van der Waals surface area contributed by atoms with E-state index in [0.29, 0.717) is 24.6 Å². The molecule has 1 aromatic heterocycles. The van der Waals surface area contributed by atoms with E-state index in [9.17, 15) is 8.42 Å². The molecule has 2 aromatic carbocycles. The van der Waals surface area contributed by atoms with Gasteiger partial charge in [-0.25, -0.2) is 13.4 Å². The lowest BCUT2D eigenvalue weighted by Gasteiger charge is -2.10. The molecule has 0 unspecified atom stereocenters. The summed E-state index contributed by atoms with van der Waals surface area (Å²) >= 11 is 0. The summed E-state index contributed by atoms with van der Waals surface area (Å²) in [6.07, 6.45) is 3.83. The molecule has 1 aliphatic rings. The Bertz CT molecular complexity index is 1120. The Balaban J connectivity index is 1.63. The zero-order chi connectivity index (χ0) is 21.1. The van der Waals surface area contributed by atoms with Crippen molar-refractivity contribution in [1.29, 1.82) is 0 Å². The van der Waals surface area contributed by atoms with Crippen molar-refractivity contribution in [1.82, 2.24) is 9.55 Å². The van der Waals surface area contributed by atoms with E-state index >= 15 is 0 Å². The van der Waals surface area contributed by atoms with E-state index < -0.39 is 10.0 Å². The largest absolute Gasteiger partial charge is 0.494 e. The van der Waals surface area contributed by atoms with Crippen molar-refractivity contribution in [2.75, 3.05) is 17.1 Å². The Morgan fingerprint density at radius 1 is 1.13 bits per heavy atom. The van der Waals surface area contributed by atoms with Crippen LogP contribution < -0.4 is 9.46 Å². The number of benzene rings is 2. The van der Waals surface area contributed by atoms with Gasteiger partial charge in [-0.05, 0) is 68.0 Å². The molecule has 1 heterocycles. The summed E-state index contributed by atoms with van der Waals surface area (Å²) in [5, 5.41) is 0. The highest BCUT2D eigenvalue weighted by molar-refractivity contribution is 7.92. The molecular weight excluding hydrogens is 398 g/mol. The lowest BCUT2D eigenvalue weighted by Crippen LogP contribution is -2.15. The Kier molecular flexibility index (Phi) is 5.99. The first-order valence-electron chi connectivity index (χ1n) is 10.7. The normalized spacial score (nSPS) is 14.2. The monoisotopic (exact) mass is 427 g/mol. The minimum atomic E-state index is -3.32. The second-order valence-electron chi connectivity index (χ2n) is 7.96. The SMILES string of the molecule is CCCS(=O)(=O)Nc1ccc2c(c1)nc(Cc1ccc(OCC)cc1)n2CC1CC1.